The lowest BCUT2D eigenvalue weighted by atomic mass is 9.84. The molecule has 4 nitrogen and oxygen atoms in total. The predicted molar refractivity (Wildman–Crippen MR) is 76.4 cm³/mol. The third-order valence-corrected chi connectivity index (χ3v) is 4.23. The molecule has 1 fully saturated rings. The summed E-state index contributed by atoms with van der Waals surface area (Å²) in [4.78, 5) is 14.1. The highest BCUT2D eigenvalue weighted by Crippen LogP contribution is 2.33. The van der Waals surface area contributed by atoms with E-state index in [1.54, 1.807) is 4.90 Å². The van der Waals surface area contributed by atoms with Crippen LogP contribution in [0.2, 0.25) is 0 Å². The molecule has 1 aliphatic heterocycles. The minimum Gasteiger partial charge on any atom is -0.485 e. The molecule has 1 aromatic rings. The van der Waals surface area contributed by atoms with Crippen molar-refractivity contribution in [3.63, 3.8) is 0 Å². The van der Waals surface area contributed by atoms with Crippen LogP contribution in [0.1, 0.15) is 12.8 Å². The van der Waals surface area contributed by atoms with E-state index in [4.69, 9.17) is 21.1 Å². The van der Waals surface area contributed by atoms with Gasteiger partial charge in [-0.05, 0) is 30.9 Å². The maximum atomic E-state index is 12.4. The van der Waals surface area contributed by atoms with Crippen molar-refractivity contribution in [2.75, 3.05) is 20.2 Å². The van der Waals surface area contributed by atoms with E-state index in [0.29, 0.717) is 17.4 Å². The van der Waals surface area contributed by atoms with Crippen molar-refractivity contribution in [2.45, 2.75) is 24.3 Å². The highest BCUT2D eigenvalue weighted by atomic mass is 35.5. The molecule has 0 bridgehead atoms. The van der Waals surface area contributed by atoms with Crippen molar-refractivity contribution < 1.29 is 14.3 Å². The maximum absolute atomic E-state index is 12.4. The van der Waals surface area contributed by atoms with Crippen LogP contribution in [0, 0.1) is 5.92 Å². The lowest BCUT2D eigenvalue weighted by Gasteiger charge is -2.35. The Kier molecular flexibility index (Phi) is 3.74. The van der Waals surface area contributed by atoms with Gasteiger partial charge in [0.15, 0.2) is 11.5 Å². The normalized spacial score (nSPS) is 27.6. The number of likely N-dealkylation sites (N-methyl/N-ethyl adjacent to an activating group) is 1. The molecule has 2 aliphatic rings. The fraction of sp³-hybridized carbons (Fsp3) is 0.533. The van der Waals surface area contributed by atoms with Gasteiger partial charge in [-0.15, -0.1) is 11.6 Å². The monoisotopic (exact) mass is 295 g/mol. The molecule has 20 heavy (non-hydrogen) atoms. The van der Waals surface area contributed by atoms with E-state index < -0.39 is 6.10 Å². The second kappa shape index (κ2) is 5.52. The zero-order valence-electron chi connectivity index (χ0n) is 11.4. The molecule has 0 saturated heterocycles. The number of hydrogen-bond acceptors (Lipinski definition) is 3. The van der Waals surface area contributed by atoms with Crippen LogP contribution < -0.4 is 9.47 Å². The molecule has 0 aromatic heterocycles. The topological polar surface area (TPSA) is 38.8 Å². The summed E-state index contributed by atoms with van der Waals surface area (Å²) >= 11 is 5.96. The smallest absolute Gasteiger partial charge is 0.267 e. The Bertz CT molecular complexity index is 502. The zero-order chi connectivity index (χ0) is 14.1. The summed E-state index contributed by atoms with van der Waals surface area (Å²) in [6.07, 6.45) is 1.43. The minimum atomic E-state index is -0.554. The molecule has 108 valence electrons. The molecular weight excluding hydrogens is 278 g/mol. The Morgan fingerprint density at radius 2 is 2.05 bits per heavy atom. The molecule has 1 atom stereocenters. The van der Waals surface area contributed by atoms with Crippen LogP contribution >= 0.6 is 11.6 Å². The van der Waals surface area contributed by atoms with Crippen LogP contribution in [0.3, 0.4) is 0 Å². The second-order valence-electron chi connectivity index (χ2n) is 5.52. The Balaban J connectivity index is 1.58. The fourth-order valence-corrected chi connectivity index (χ4v) is 3.17. The van der Waals surface area contributed by atoms with Gasteiger partial charge in [0.05, 0.1) is 0 Å². The third-order valence-electron chi connectivity index (χ3n) is 3.87. The predicted octanol–water partition coefficient (Wildman–Crippen LogP) is 2.30. The molecule has 1 aliphatic carbocycles. The number of rotatable bonds is 3. The van der Waals surface area contributed by atoms with E-state index in [-0.39, 0.29) is 17.9 Å². The zero-order valence-corrected chi connectivity index (χ0v) is 12.2. The molecule has 1 aromatic carbocycles. The fourth-order valence-electron chi connectivity index (χ4n) is 2.67. The average Bonchev–Trinajstić information content (AvgIpc) is 2.44. The van der Waals surface area contributed by atoms with Crippen molar-refractivity contribution in [1.82, 2.24) is 4.90 Å². The lowest BCUT2D eigenvalue weighted by Crippen LogP contribution is -2.47. The van der Waals surface area contributed by atoms with Crippen LogP contribution in [0.5, 0.6) is 11.5 Å². The van der Waals surface area contributed by atoms with Gasteiger partial charge in [-0.2, -0.15) is 0 Å². The molecule has 0 spiro atoms. The van der Waals surface area contributed by atoms with Gasteiger partial charge < -0.3 is 14.4 Å². The maximum Gasteiger partial charge on any atom is 0.267 e. The number of amides is 1. The number of hydrogen-bond donors (Lipinski definition) is 0. The number of para-hydroxylation sites is 2. The van der Waals surface area contributed by atoms with Gasteiger partial charge in [0.25, 0.3) is 5.91 Å². The van der Waals surface area contributed by atoms with Gasteiger partial charge >= 0.3 is 0 Å². The first-order chi connectivity index (χ1) is 9.63. The van der Waals surface area contributed by atoms with Crippen molar-refractivity contribution in [3.05, 3.63) is 24.3 Å². The van der Waals surface area contributed by atoms with Crippen LogP contribution in [0.25, 0.3) is 0 Å². The summed E-state index contributed by atoms with van der Waals surface area (Å²) in [5.41, 5.74) is 0. The van der Waals surface area contributed by atoms with Crippen molar-refractivity contribution in [2.24, 2.45) is 5.92 Å². The Morgan fingerprint density at radius 1 is 1.35 bits per heavy atom. The van der Waals surface area contributed by atoms with Gasteiger partial charge in [-0.25, -0.2) is 0 Å². The Hall–Kier alpha value is -1.42. The van der Waals surface area contributed by atoms with Crippen molar-refractivity contribution >= 4 is 17.5 Å². The first kappa shape index (κ1) is 13.6. The van der Waals surface area contributed by atoms with E-state index in [1.165, 1.54) is 0 Å². The van der Waals surface area contributed by atoms with Gasteiger partial charge in [0, 0.05) is 19.0 Å². The molecule has 0 N–H and O–H groups in total. The summed E-state index contributed by atoms with van der Waals surface area (Å²) in [5.74, 6) is 1.82. The van der Waals surface area contributed by atoms with Crippen LogP contribution in [0.15, 0.2) is 24.3 Å². The first-order valence-corrected chi connectivity index (χ1v) is 7.34. The van der Waals surface area contributed by atoms with E-state index in [0.717, 1.165) is 19.4 Å². The number of ether oxygens (including phenoxy) is 2. The lowest BCUT2D eigenvalue weighted by molar-refractivity contribution is -0.140. The van der Waals surface area contributed by atoms with Gasteiger partial charge in [-0.3, -0.25) is 4.79 Å². The van der Waals surface area contributed by atoms with Gasteiger partial charge in [0.1, 0.15) is 6.61 Å². The number of nitrogens with zero attached hydrogens (tertiary/aromatic N) is 1. The highest BCUT2D eigenvalue weighted by Gasteiger charge is 2.33. The van der Waals surface area contributed by atoms with Crippen LogP contribution in [0.4, 0.5) is 0 Å². The summed E-state index contributed by atoms with van der Waals surface area (Å²) in [6.45, 7) is 1.01. The largest absolute Gasteiger partial charge is 0.485 e. The molecule has 1 saturated carbocycles. The van der Waals surface area contributed by atoms with Crippen LogP contribution in [-0.4, -0.2) is 42.5 Å². The average molecular weight is 296 g/mol. The second-order valence-corrected chi connectivity index (χ2v) is 6.13. The number of fused-ring (bicyclic) bond motifs is 1. The molecule has 0 radical (unpaired) electrons. The quantitative estimate of drug-likeness (QED) is 0.803. The molecular formula is C15H18ClNO3. The summed E-state index contributed by atoms with van der Waals surface area (Å²) in [6, 6.07) is 7.41. The Labute approximate surface area is 123 Å². The molecule has 5 heteroatoms. The summed E-state index contributed by atoms with van der Waals surface area (Å²) in [7, 11) is 1.81. The highest BCUT2D eigenvalue weighted by molar-refractivity contribution is 6.21. The third kappa shape index (κ3) is 2.70. The first-order valence-electron chi connectivity index (χ1n) is 6.91. The summed E-state index contributed by atoms with van der Waals surface area (Å²) in [5, 5.41) is 0.282. The van der Waals surface area contributed by atoms with Crippen LogP contribution in [-0.2, 0) is 4.79 Å². The SMILES string of the molecule is CN(CC1CC(Cl)C1)C(=O)C1COc2ccccc2O1. The Morgan fingerprint density at radius 3 is 2.75 bits per heavy atom. The van der Waals surface area contributed by atoms with E-state index >= 15 is 0 Å². The van der Waals surface area contributed by atoms with Gasteiger partial charge in [-0.1, -0.05) is 12.1 Å². The van der Waals surface area contributed by atoms with Crippen molar-refractivity contribution in [1.29, 1.82) is 0 Å². The summed E-state index contributed by atoms with van der Waals surface area (Å²) < 4.78 is 11.3. The van der Waals surface area contributed by atoms with E-state index in [2.05, 4.69) is 0 Å². The number of halogens is 1. The number of benzene rings is 1. The number of alkyl halides is 1. The van der Waals surface area contributed by atoms with E-state index in [9.17, 15) is 4.79 Å². The molecule has 3 rings (SSSR count). The number of carbonyl (C=O) groups excluding carboxylic acids is 1. The number of carbonyl (C=O) groups is 1. The van der Waals surface area contributed by atoms with Crippen molar-refractivity contribution in [3.8, 4) is 11.5 Å². The van der Waals surface area contributed by atoms with Gasteiger partial charge in [0.2, 0.25) is 6.10 Å². The van der Waals surface area contributed by atoms with E-state index in [1.807, 2.05) is 31.3 Å². The minimum absolute atomic E-state index is 0.0301. The molecule has 1 amide bonds. The molecule has 1 unspecified atom stereocenters. The molecule has 1 heterocycles. The standard InChI is InChI=1S/C15H18ClNO3/c1-17(8-10-6-11(16)7-10)15(18)14-9-19-12-4-2-3-5-13(12)20-14/h2-5,10-11,14H,6-9H2,1H3.